The lowest BCUT2D eigenvalue weighted by Gasteiger charge is -2.26. The minimum absolute atomic E-state index is 0.0487. The molecule has 14 heteroatoms. The Morgan fingerprint density at radius 3 is 2.56 bits per heavy atom. The van der Waals surface area contributed by atoms with Crippen molar-refractivity contribution < 1.29 is 31.4 Å². The van der Waals surface area contributed by atoms with E-state index in [2.05, 4.69) is 20.0 Å². The number of thioether (sulfide) groups is 1. The summed E-state index contributed by atoms with van der Waals surface area (Å²) < 4.78 is 74.6. The van der Waals surface area contributed by atoms with Crippen molar-refractivity contribution in [3.05, 3.63) is 41.2 Å². The molecule has 1 aromatic carbocycles. The van der Waals surface area contributed by atoms with Gasteiger partial charge in [0, 0.05) is 36.5 Å². The van der Waals surface area contributed by atoms with Gasteiger partial charge in [-0.2, -0.15) is 12.7 Å². The molecule has 1 aliphatic heterocycles. The first-order valence-electron chi connectivity index (χ1n) is 9.57. The Morgan fingerprint density at radius 2 is 1.88 bits per heavy atom. The van der Waals surface area contributed by atoms with Crippen LogP contribution < -0.4 is 10.0 Å². The number of halogens is 3. The molecule has 0 aliphatic carbocycles. The number of benzene rings is 1. The number of hydrogen-bond acceptors (Lipinski definition) is 8. The Kier molecular flexibility index (Phi) is 8.16. The van der Waals surface area contributed by atoms with Crippen LogP contribution in [0.2, 0.25) is 0 Å². The molecule has 0 bridgehead atoms. The summed E-state index contributed by atoms with van der Waals surface area (Å²) in [7, 11) is -3.91. The highest BCUT2D eigenvalue weighted by Crippen LogP contribution is 2.26. The van der Waals surface area contributed by atoms with Gasteiger partial charge in [-0.3, -0.25) is 4.72 Å². The van der Waals surface area contributed by atoms with Gasteiger partial charge in [-0.15, -0.1) is 0 Å². The standard InChI is InChI=1S/C18H22F3N5O4S2/c1-11(9-27)22-14-8-15(25-32(28,29)26-4-6-30-7-5-26)24-18(23-14)31-10-12-2-3-13(19)17(21)16(12)20/h2-3,8,11,27H,4-7,9-10H2,1H3,(H2,22,23,24,25)/t11-/m1/s1. The fourth-order valence-electron chi connectivity index (χ4n) is 2.72. The molecule has 2 heterocycles. The molecule has 1 atom stereocenters. The Labute approximate surface area is 187 Å². The smallest absolute Gasteiger partial charge is 0.302 e. The average molecular weight is 494 g/mol. The Hall–Kier alpha value is -2.13. The lowest BCUT2D eigenvalue weighted by molar-refractivity contribution is 0.0733. The molecular weight excluding hydrogens is 471 g/mol. The zero-order valence-corrected chi connectivity index (χ0v) is 18.6. The van der Waals surface area contributed by atoms with Crippen LogP contribution >= 0.6 is 11.8 Å². The molecule has 176 valence electrons. The number of morpholine rings is 1. The van der Waals surface area contributed by atoms with Gasteiger partial charge < -0.3 is 15.2 Å². The molecule has 0 unspecified atom stereocenters. The van der Waals surface area contributed by atoms with Crippen LogP contribution in [0.4, 0.5) is 24.8 Å². The number of aliphatic hydroxyl groups is 1. The first kappa shape index (κ1) is 24.5. The molecule has 3 rings (SSSR count). The van der Waals surface area contributed by atoms with E-state index in [-0.39, 0.29) is 61.0 Å². The van der Waals surface area contributed by atoms with Crippen molar-refractivity contribution in [2.24, 2.45) is 0 Å². The second kappa shape index (κ2) is 10.7. The van der Waals surface area contributed by atoms with E-state index in [1.165, 1.54) is 10.4 Å². The molecule has 0 radical (unpaired) electrons. The molecule has 0 amide bonds. The lowest BCUT2D eigenvalue weighted by atomic mass is 10.2. The van der Waals surface area contributed by atoms with Crippen molar-refractivity contribution >= 4 is 33.6 Å². The van der Waals surface area contributed by atoms with Crippen LogP contribution in [0, 0.1) is 17.5 Å². The highest BCUT2D eigenvalue weighted by atomic mass is 32.2. The molecule has 1 aliphatic rings. The second-order valence-corrected chi connectivity index (χ2v) is 9.50. The third-order valence-electron chi connectivity index (χ3n) is 4.39. The van der Waals surface area contributed by atoms with Gasteiger partial charge in [0.05, 0.1) is 19.8 Å². The topological polar surface area (TPSA) is 117 Å². The number of anilines is 2. The molecule has 0 spiro atoms. The van der Waals surface area contributed by atoms with Crippen LogP contribution in [0.25, 0.3) is 0 Å². The molecule has 1 saturated heterocycles. The van der Waals surface area contributed by atoms with Crippen molar-refractivity contribution in [1.82, 2.24) is 14.3 Å². The summed E-state index contributed by atoms with van der Waals surface area (Å²) in [6.45, 7) is 2.39. The summed E-state index contributed by atoms with van der Waals surface area (Å²) in [4.78, 5) is 8.36. The largest absolute Gasteiger partial charge is 0.394 e. The van der Waals surface area contributed by atoms with E-state index in [1.807, 2.05) is 0 Å². The molecule has 3 N–H and O–H groups in total. The Bertz CT molecular complexity index is 1060. The van der Waals surface area contributed by atoms with Crippen LogP contribution in [0.5, 0.6) is 0 Å². The quantitative estimate of drug-likeness (QED) is 0.276. The molecule has 32 heavy (non-hydrogen) atoms. The Balaban J connectivity index is 1.83. The summed E-state index contributed by atoms with van der Waals surface area (Å²) >= 11 is 0.905. The SMILES string of the molecule is C[C@H](CO)Nc1cc(NS(=O)(=O)N2CCOCC2)nc(SCc2ccc(F)c(F)c2F)n1. The fourth-order valence-corrected chi connectivity index (χ4v) is 4.68. The molecule has 9 nitrogen and oxygen atoms in total. The maximum Gasteiger partial charge on any atom is 0.302 e. The van der Waals surface area contributed by atoms with Crippen LogP contribution in [0.15, 0.2) is 23.4 Å². The van der Waals surface area contributed by atoms with Crippen molar-refractivity contribution in [1.29, 1.82) is 0 Å². The van der Waals surface area contributed by atoms with Crippen molar-refractivity contribution in [3.8, 4) is 0 Å². The van der Waals surface area contributed by atoms with E-state index in [1.54, 1.807) is 6.92 Å². The monoisotopic (exact) mass is 493 g/mol. The maximum atomic E-state index is 14.0. The third kappa shape index (κ3) is 6.22. The van der Waals surface area contributed by atoms with Gasteiger partial charge in [-0.1, -0.05) is 17.8 Å². The number of aliphatic hydroxyl groups excluding tert-OH is 1. The number of aromatic nitrogens is 2. The summed E-state index contributed by atoms with van der Waals surface area (Å²) in [5, 5.41) is 12.2. The number of hydrogen-bond donors (Lipinski definition) is 3. The van der Waals surface area contributed by atoms with Gasteiger partial charge in [0.15, 0.2) is 22.6 Å². The third-order valence-corrected chi connectivity index (χ3v) is 6.80. The predicted molar refractivity (Wildman–Crippen MR) is 113 cm³/mol. The first-order valence-corrected chi connectivity index (χ1v) is 12.0. The summed E-state index contributed by atoms with van der Waals surface area (Å²) in [6.07, 6.45) is 0. The van der Waals surface area contributed by atoms with Crippen LogP contribution in [-0.2, 0) is 20.7 Å². The number of nitrogens with one attached hydrogen (secondary N) is 2. The van der Waals surface area contributed by atoms with Crippen molar-refractivity contribution in [3.63, 3.8) is 0 Å². The van der Waals surface area contributed by atoms with E-state index >= 15 is 0 Å². The average Bonchev–Trinajstić information content (AvgIpc) is 2.77. The number of ether oxygens (including phenoxy) is 1. The lowest BCUT2D eigenvalue weighted by Crippen LogP contribution is -2.43. The van der Waals surface area contributed by atoms with Gasteiger partial charge in [-0.05, 0) is 13.0 Å². The fraction of sp³-hybridized carbons (Fsp3) is 0.444. The van der Waals surface area contributed by atoms with Crippen molar-refractivity contribution in [2.75, 3.05) is 42.9 Å². The summed E-state index contributed by atoms with van der Waals surface area (Å²) in [5.41, 5.74) is -0.102. The number of nitrogens with zero attached hydrogens (tertiary/aromatic N) is 3. The summed E-state index contributed by atoms with van der Waals surface area (Å²) in [6, 6.07) is 2.89. The van der Waals surface area contributed by atoms with E-state index in [9.17, 15) is 26.7 Å². The zero-order chi connectivity index (χ0) is 23.3. The molecule has 2 aromatic rings. The first-order chi connectivity index (χ1) is 15.2. The highest BCUT2D eigenvalue weighted by Gasteiger charge is 2.25. The predicted octanol–water partition coefficient (Wildman–Crippen LogP) is 1.97. The van der Waals surface area contributed by atoms with Gasteiger partial charge in [0.25, 0.3) is 0 Å². The maximum absolute atomic E-state index is 14.0. The van der Waals surface area contributed by atoms with Crippen LogP contribution in [0.3, 0.4) is 0 Å². The molecule has 1 fully saturated rings. The summed E-state index contributed by atoms with van der Waals surface area (Å²) in [5.74, 6) is -4.14. The van der Waals surface area contributed by atoms with Gasteiger partial charge in [0.1, 0.15) is 11.6 Å². The van der Waals surface area contributed by atoms with Gasteiger partial charge in [0.2, 0.25) is 0 Å². The van der Waals surface area contributed by atoms with E-state index in [0.29, 0.717) is 0 Å². The van der Waals surface area contributed by atoms with Gasteiger partial charge in [-0.25, -0.2) is 23.1 Å². The van der Waals surface area contributed by atoms with Gasteiger partial charge >= 0.3 is 10.2 Å². The minimum atomic E-state index is -3.91. The molecular formula is C18H22F3N5O4S2. The van der Waals surface area contributed by atoms with Crippen molar-refractivity contribution in [2.45, 2.75) is 23.9 Å². The zero-order valence-electron chi connectivity index (χ0n) is 17.0. The second-order valence-electron chi connectivity index (χ2n) is 6.89. The highest BCUT2D eigenvalue weighted by molar-refractivity contribution is 7.98. The van der Waals surface area contributed by atoms with E-state index < -0.39 is 33.7 Å². The molecule has 1 aromatic heterocycles. The molecule has 0 saturated carbocycles. The Morgan fingerprint density at radius 1 is 1.19 bits per heavy atom. The number of rotatable bonds is 9. The van der Waals surface area contributed by atoms with E-state index in [4.69, 9.17) is 4.74 Å². The normalized spacial score (nSPS) is 16.0. The van der Waals surface area contributed by atoms with Crippen LogP contribution in [-0.4, -0.2) is 66.7 Å². The minimum Gasteiger partial charge on any atom is -0.394 e. The van der Waals surface area contributed by atoms with Crippen LogP contribution in [0.1, 0.15) is 12.5 Å². The van der Waals surface area contributed by atoms with E-state index in [0.717, 1.165) is 23.9 Å².